The van der Waals surface area contributed by atoms with Gasteiger partial charge in [0.25, 0.3) is 0 Å². The average Bonchev–Trinajstić information content (AvgIpc) is 3.10. The Labute approximate surface area is 166 Å². The van der Waals surface area contributed by atoms with Crippen molar-refractivity contribution in [3.8, 4) is 0 Å². The Balaban J connectivity index is 1.38. The van der Waals surface area contributed by atoms with E-state index in [0.29, 0.717) is 38.7 Å². The van der Waals surface area contributed by atoms with Crippen molar-refractivity contribution < 1.29 is 9.59 Å². The van der Waals surface area contributed by atoms with Crippen LogP contribution in [-0.2, 0) is 9.59 Å². The number of para-hydroxylation sites is 1. The molecule has 2 amide bonds. The standard InChI is InChI=1S/C19H20BrN5O2/c20-15-4-1-2-5-16(15)25-13-14(12-17(25)26)18(27)23-8-10-24(11-9-23)19-21-6-3-7-22-19/h1-7,14H,8-13H2. The van der Waals surface area contributed by atoms with Gasteiger partial charge in [0.2, 0.25) is 17.8 Å². The Morgan fingerprint density at radius 2 is 1.74 bits per heavy atom. The van der Waals surface area contributed by atoms with E-state index in [1.165, 1.54) is 0 Å². The molecule has 2 aliphatic heterocycles. The molecule has 8 heteroatoms. The summed E-state index contributed by atoms with van der Waals surface area (Å²) in [6.07, 6.45) is 3.71. The molecule has 1 unspecified atom stereocenters. The van der Waals surface area contributed by atoms with Crippen molar-refractivity contribution in [2.24, 2.45) is 5.92 Å². The summed E-state index contributed by atoms with van der Waals surface area (Å²) in [7, 11) is 0. The van der Waals surface area contributed by atoms with Crippen LogP contribution in [0.5, 0.6) is 0 Å². The first kappa shape index (κ1) is 17.9. The van der Waals surface area contributed by atoms with E-state index in [-0.39, 0.29) is 24.2 Å². The Morgan fingerprint density at radius 1 is 1.04 bits per heavy atom. The minimum Gasteiger partial charge on any atom is -0.339 e. The van der Waals surface area contributed by atoms with Crippen molar-refractivity contribution in [3.63, 3.8) is 0 Å². The molecule has 2 saturated heterocycles. The van der Waals surface area contributed by atoms with Gasteiger partial charge in [-0.1, -0.05) is 12.1 Å². The zero-order valence-corrected chi connectivity index (χ0v) is 16.4. The number of hydrogen-bond acceptors (Lipinski definition) is 5. The van der Waals surface area contributed by atoms with Gasteiger partial charge in [-0.25, -0.2) is 9.97 Å². The van der Waals surface area contributed by atoms with Crippen LogP contribution in [0.3, 0.4) is 0 Å². The predicted octanol–water partition coefficient (Wildman–Crippen LogP) is 1.94. The largest absolute Gasteiger partial charge is 0.339 e. The number of rotatable bonds is 3. The summed E-state index contributed by atoms with van der Waals surface area (Å²) in [5.74, 6) is 0.466. The van der Waals surface area contributed by atoms with Gasteiger partial charge in [0.1, 0.15) is 0 Å². The van der Waals surface area contributed by atoms with Crippen molar-refractivity contribution in [2.45, 2.75) is 6.42 Å². The quantitative estimate of drug-likeness (QED) is 0.745. The number of carbonyl (C=O) groups excluding carboxylic acids is 2. The fourth-order valence-corrected chi connectivity index (χ4v) is 4.11. The third-order valence-corrected chi connectivity index (χ3v) is 5.71. The second kappa shape index (κ2) is 7.64. The Bertz CT molecular complexity index is 839. The smallest absolute Gasteiger partial charge is 0.228 e. The van der Waals surface area contributed by atoms with Gasteiger partial charge in [-0.15, -0.1) is 0 Å². The van der Waals surface area contributed by atoms with Crippen LogP contribution >= 0.6 is 15.9 Å². The number of anilines is 2. The number of halogens is 1. The number of piperazine rings is 1. The molecule has 4 rings (SSSR count). The van der Waals surface area contributed by atoms with Crippen LogP contribution in [-0.4, -0.2) is 59.4 Å². The van der Waals surface area contributed by atoms with E-state index in [9.17, 15) is 9.59 Å². The maximum atomic E-state index is 12.9. The fourth-order valence-electron chi connectivity index (χ4n) is 3.62. The molecule has 2 fully saturated rings. The summed E-state index contributed by atoms with van der Waals surface area (Å²) >= 11 is 3.49. The topological polar surface area (TPSA) is 69.6 Å². The Kier molecular flexibility index (Phi) is 5.07. The summed E-state index contributed by atoms with van der Waals surface area (Å²) in [6.45, 7) is 3.07. The lowest BCUT2D eigenvalue weighted by molar-refractivity contribution is -0.136. The molecule has 0 radical (unpaired) electrons. The van der Waals surface area contributed by atoms with Crippen LogP contribution in [0.25, 0.3) is 0 Å². The highest BCUT2D eigenvalue weighted by molar-refractivity contribution is 9.10. The number of benzene rings is 1. The highest BCUT2D eigenvalue weighted by atomic mass is 79.9. The van der Waals surface area contributed by atoms with Crippen LogP contribution in [0.2, 0.25) is 0 Å². The molecule has 27 heavy (non-hydrogen) atoms. The monoisotopic (exact) mass is 429 g/mol. The molecule has 0 spiro atoms. The summed E-state index contributed by atoms with van der Waals surface area (Å²) < 4.78 is 0.864. The first-order valence-corrected chi connectivity index (χ1v) is 9.78. The maximum absolute atomic E-state index is 12.9. The highest BCUT2D eigenvalue weighted by Crippen LogP contribution is 2.32. The molecule has 0 bridgehead atoms. The third-order valence-electron chi connectivity index (χ3n) is 5.04. The van der Waals surface area contributed by atoms with Gasteiger partial charge in [0.15, 0.2) is 0 Å². The van der Waals surface area contributed by atoms with Crippen molar-refractivity contribution in [3.05, 3.63) is 47.2 Å². The van der Waals surface area contributed by atoms with Crippen molar-refractivity contribution in [1.82, 2.24) is 14.9 Å². The van der Waals surface area contributed by atoms with Crippen molar-refractivity contribution >= 4 is 39.4 Å². The number of nitrogens with zero attached hydrogens (tertiary/aromatic N) is 5. The van der Waals surface area contributed by atoms with Gasteiger partial charge >= 0.3 is 0 Å². The first-order chi connectivity index (χ1) is 13.1. The second-order valence-electron chi connectivity index (χ2n) is 6.72. The molecule has 1 aromatic carbocycles. The van der Waals surface area contributed by atoms with Crippen LogP contribution in [0.4, 0.5) is 11.6 Å². The van der Waals surface area contributed by atoms with E-state index in [0.717, 1.165) is 10.2 Å². The Hall–Kier alpha value is -2.48. The minimum absolute atomic E-state index is 0.00317. The SMILES string of the molecule is O=C(C1CC(=O)N(c2ccccc2Br)C1)N1CCN(c2ncccn2)CC1. The summed E-state index contributed by atoms with van der Waals surface area (Å²) in [6, 6.07) is 9.40. The van der Waals surface area contributed by atoms with Gasteiger partial charge in [0, 0.05) is 56.0 Å². The lowest BCUT2D eigenvalue weighted by Crippen LogP contribution is -2.51. The highest BCUT2D eigenvalue weighted by Gasteiger charge is 2.38. The van der Waals surface area contributed by atoms with E-state index >= 15 is 0 Å². The van der Waals surface area contributed by atoms with Gasteiger partial charge < -0.3 is 14.7 Å². The molecule has 2 aromatic rings. The van der Waals surface area contributed by atoms with Crippen LogP contribution in [0.15, 0.2) is 47.2 Å². The molecular weight excluding hydrogens is 410 g/mol. The van der Waals surface area contributed by atoms with Crippen molar-refractivity contribution in [1.29, 1.82) is 0 Å². The molecule has 0 aliphatic carbocycles. The minimum atomic E-state index is -0.288. The zero-order valence-electron chi connectivity index (χ0n) is 14.8. The Morgan fingerprint density at radius 3 is 2.44 bits per heavy atom. The normalized spacial score (nSPS) is 20.3. The third kappa shape index (κ3) is 3.66. The van der Waals surface area contributed by atoms with E-state index in [2.05, 4.69) is 30.8 Å². The molecule has 140 valence electrons. The molecule has 2 aliphatic rings. The van der Waals surface area contributed by atoms with Gasteiger partial charge in [0.05, 0.1) is 11.6 Å². The van der Waals surface area contributed by atoms with Gasteiger partial charge in [-0.05, 0) is 34.1 Å². The maximum Gasteiger partial charge on any atom is 0.228 e. The second-order valence-corrected chi connectivity index (χ2v) is 7.57. The van der Waals surface area contributed by atoms with E-state index < -0.39 is 0 Å². The van der Waals surface area contributed by atoms with Crippen LogP contribution in [0, 0.1) is 5.92 Å². The molecular formula is C19H20BrN5O2. The molecule has 3 heterocycles. The lowest BCUT2D eigenvalue weighted by Gasteiger charge is -2.35. The summed E-state index contributed by atoms with van der Waals surface area (Å²) in [4.78, 5) is 39.6. The number of amides is 2. The van der Waals surface area contributed by atoms with E-state index in [1.54, 1.807) is 23.4 Å². The lowest BCUT2D eigenvalue weighted by atomic mass is 10.1. The zero-order chi connectivity index (χ0) is 18.8. The molecule has 7 nitrogen and oxygen atoms in total. The molecule has 0 N–H and O–H groups in total. The van der Waals surface area contributed by atoms with Gasteiger partial charge in [-0.3, -0.25) is 9.59 Å². The van der Waals surface area contributed by atoms with Crippen LogP contribution in [0.1, 0.15) is 6.42 Å². The molecule has 1 aromatic heterocycles. The van der Waals surface area contributed by atoms with E-state index in [1.807, 2.05) is 29.2 Å². The first-order valence-electron chi connectivity index (χ1n) is 8.99. The predicted molar refractivity (Wildman–Crippen MR) is 105 cm³/mol. The van der Waals surface area contributed by atoms with Gasteiger partial charge in [-0.2, -0.15) is 0 Å². The average molecular weight is 430 g/mol. The fraction of sp³-hybridized carbons (Fsp3) is 0.368. The molecule has 1 atom stereocenters. The van der Waals surface area contributed by atoms with Crippen molar-refractivity contribution in [2.75, 3.05) is 42.5 Å². The number of carbonyl (C=O) groups is 2. The van der Waals surface area contributed by atoms with E-state index in [4.69, 9.17) is 0 Å². The molecule has 0 saturated carbocycles. The van der Waals surface area contributed by atoms with Crippen LogP contribution < -0.4 is 9.80 Å². The summed E-state index contributed by atoms with van der Waals surface area (Å²) in [5, 5.41) is 0. The summed E-state index contributed by atoms with van der Waals surface area (Å²) in [5.41, 5.74) is 0.823. The number of hydrogen-bond donors (Lipinski definition) is 0. The number of aromatic nitrogens is 2.